The standard InChI is InChI=1S/C10H17NO3S/c1-15-6-5-8(10(13)14)11-9(12)7-3-2-4-7/h7-8H,2-6H2,1H3,(H,11,12)(H,13,14)/t8-/m1/s1. The Hall–Kier alpha value is -0.710. The normalized spacial score (nSPS) is 17.9. The number of carbonyl (C=O) groups excluding carboxylic acids is 1. The summed E-state index contributed by atoms with van der Waals surface area (Å²) in [5, 5.41) is 11.5. The summed E-state index contributed by atoms with van der Waals surface area (Å²) < 4.78 is 0. The van der Waals surface area contributed by atoms with E-state index in [1.54, 1.807) is 11.8 Å². The highest BCUT2D eigenvalue weighted by atomic mass is 32.2. The van der Waals surface area contributed by atoms with Crippen molar-refractivity contribution >= 4 is 23.6 Å². The maximum atomic E-state index is 11.5. The second-order valence-corrected chi connectivity index (χ2v) is 4.79. The molecule has 0 aromatic heterocycles. The van der Waals surface area contributed by atoms with Crippen molar-refractivity contribution in [3.8, 4) is 0 Å². The van der Waals surface area contributed by atoms with Gasteiger partial charge in [0.2, 0.25) is 5.91 Å². The van der Waals surface area contributed by atoms with E-state index < -0.39 is 12.0 Å². The first-order chi connectivity index (χ1) is 7.15. The van der Waals surface area contributed by atoms with Crippen LogP contribution in [0.3, 0.4) is 0 Å². The Morgan fingerprint density at radius 3 is 2.60 bits per heavy atom. The Morgan fingerprint density at radius 1 is 1.53 bits per heavy atom. The van der Waals surface area contributed by atoms with E-state index in [1.165, 1.54) is 0 Å². The summed E-state index contributed by atoms with van der Waals surface area (Å²) in [6.45, 7) is 0. The van der Waals surface area contributed by atoms with Crippen LogP contribution in [0.2, 0.25) is 0 Å². The summed E-state index contributed by atoms with van der Waals surface area (Å²) >= 11 is 1.59. The molecule has 1 saturated carbocycles. The SMILES string of the molecule is CSCC[C@@H](NC(=O)C1CCC1)C(=O)O. The molecule has 0 saturated heterocycles. The highest BCUT2D eigenvalue weighted by Gasteiger charge is 2.28. The quantitative estimate of drug-likeness (QED) is 0.718. The van der Waals surface area contributed by atoms with Crippen molar-refractivity contribution in [2.45, 2.75) is 31.7 Å². The van der Waals surface area contributed by atoms with Crippen molar-refractivity contribution in [2.24, 2.45) is 5.92 Å². The summed E-state index contributed by atoms with van der Waals surface area (Å²) in [6, 6.07) is -0.717. The fourth-order valence-corrected chi connectivity index (χ4v) is 1.92. The molecule has 2 N–H and O–H groups in total. The van der Waals surface area contributed by atoms with Crippen molar-refractivity contribution in [1.82, 2.24) is 5.32 Å². The smallest absolute Gasteiger partial charge is 0.326 e. The Bertz CT molecular complexity index is 241. The van der Waals surface area contributed by atoms with Gasteiger partial charge in [-0.2, -0.15) is 11.8 Å². The molecule has 4 nitrogen and oxygen atoms in total. The van der Waals surface area contributed by atoms with Crippen LogP contribution >= 0.6 is 11.8 Å². The predicted molar refractivity (Wildman–Crippen MR) is 59.9 cm³/mol. The molecule has 1 aliphatic rings. The van der Waals surface area contributed by atoms with E-state index in [0.29, 0.717) is 6.42 Å². The van der Waals surface area contributed by atoms with E-state index in [2.05, 4.69) is 5.32 Å². The van der Waals surface area contributed by atoms with E-state index in [1.807, 2.05) is 6.26 Å². The molecule has 0 aromatic rings. The van der Waals surface area contributed by atoms with E-state index in [0.717, 1.165) is 25.0 Å². The van der Waals surface area contributed by atoms with Crippen molar-refractivity contribution in [3.05, 3.63) is 0 Å². The number of carboxylic acids is 1. The van der Waals surface area contributed by atoms with Crippen molar-refractivity contribution in [1.29, 1.82) is 0 Å². The number of nitrogens with one attached hydrogen (secondary N) is 1. The molecule has 0 bridgehead atoms. The first kappa shape index (κ1) is 12.4. The molecule has 86 valence electrons. The fraction of sp³-hybridized carbons (Fsp3) is 0.800. The van der Waals surface area contributed by atoms with Crippen LogP contribution in [0.4, 0.5) is 0 Å². The number of carbonyl (C=O) groups is 2. The minimum Gasteiger partial charge on any atom is -0.480 e. The average molecular weight is 231 g/mol. The zero-order valence-corrected chi connectivity index (χ0v) is 9.68. The number of hydrogen-bond donors (Lipinski definition) is 2. The van der Waals surface area contributed by atoms with Gasteiger partial charge in [0.05, 0.1) is 0 Å². The molecule has 1 rings (SSSR count). The first-order valence-corrected chi connectivity index (χ1v) is 6.56. The maximum absolute atomic E-state index is 11.5. The van der Waals surface area contributed by atoms with Gasteiger partial charge in [-0.25, -0.2) is 4.79 Å². The Kier molecular flexibility index (Phi) is 4.94. The zero-order valence-electron chi connectivity index (χ0n) is 8.86. The van der Waals surface area contributed by atoms with Gasteiger partial charge in [-0.3, -0.25) is 4.79 Å². The molecule has 1 atom stereocenters. The summed E-state index contributed by atoms with van der Waals surface area (Å²) in [4.78, 5) is 22.4. The lowest BCUT2D eigenvalue weighted by Crippen LogP contribution is -2.45. The van der Waals surface area contributed by atoms with Crippen LogP contribution in [-0.4, -0.2) is 35.0 Å². The van der Waals surface area contributed by atoms with Crippen LogP contribution in [0.5, 0.6) is 0 Å². The van der Waals surface area contributed by atoms with E-state index in [-0.39, 0.29) is 11.8 Å². The number of amides is 1. The van der Waals surface area contributed by atoms with Gasteiger partial charge in [-0.15, -0.1) is 0 Å². The van der Waals surface area contributed by atoms with Gasteiger partial charge in [0.15, 0.2) is 0 Å². The molecule has 1 aliphatic carbocycles. The van der Waals surface area contributed by atoms with Crippen molar-refractivity contribution in [2.75, 3.05) is 12.0 Å². The molecule has 0 aromatic carbocycles. The molecule has 0 heterocycles. The Morgan fingerprint density at radius 2 is 2.20 bits per heavy atom. The van der Waals surface area contributed by atoms with Crippen LogP contribution in [0.15, 0.2) is 0 Å². The Balaban J connectivity index is 2.35. The molecule has 0 radical (unpaired) electrons. The lowest BCUT2D eigenvalue weighted by molar-refractivity contribution is -0.143. The largest absolute Gasteiger partial charge is 0.480 e. The fourth-order valence-electron chi connectivity index (χ4n) is 1.45. The average Bonchev–Trinajstić information content (AvgIpc) is 2.08. The van der Waals surface area contributed by atoms with Crippen molar-refractivity contribution < 1.29 is 14.7 Å². The maximum Gasteiger partial charge on any atom is 0.326 e. The molecule has 0 aliphatic heterocycles. The third-order valence-corrected chi connectivity index (χ3v) is 3.35. The summed E-state index contributed by atoms with van der Waals surface area (Å²) in [5.41, 5.74) is 0. The number of thioether (sulfide) groups is 1. The van der Waals surface area contributed by atoms with Crippen LogP contribution in [0.25, 0.3) is 0 Å². The van der Waals surface area contributed by atoms with Crippen LogP contribution in [0, 0.1) is 5.92 Å². The molecular weight excluding hydrogens is 214 g/mol. The minimum absolute atomic E-state index is 0.0566. The summed E-state index contributed by atoms with van der Waals surface area (Å²) in [7, 11) is 0. The Labute approximate surface area is 93.8 Å². The van der Waals surface area contributed by atoms with Gasteiger partial charge in [-0.1, -0.05) is 6.42 Å². The number of rotatable bonds is 6. The van der Waals surface area contributed by atoms with Crippen LogP contribution in [0.1, 0.15) is 25.7 Å². The second kappa shape index (κ2) is 6.00. The molecule has 15 heavy (non-hydrogen) atoms. The van der Waals surface area contributed by atoms with Crippen molar-refractivity contribution in [3.63, 3.8) is 0 Å². The number of carboxylic acid groups (broad SMARTS) is 1. The third kappa shape index (κ3) is 3.74. The van der Waals surface area contributed by atoms with E-state index in [9.17, 15) is 9.59 Å². The summed E-state index contributed by atoms with van der Waals surface area (Å²) in [6.07, 6.45) is 5.31. The van der Waals surface area contributed by atoms with Gasteiger partial charge in [0.1, 0.15) is 6.04 Å². The molecular formula is C10H17NO3S. The molecule has 0 unspecified atom stereocenters. The topological polar surface area (TPSA) is 66.4 Å². The van der Waals surface area contributed by atoms with Gasteiger partial charge < -0.3 is 10.4 Å². The van der Waals surface area contributed by atoms with Gasteiger partial charge in [-0.05, 0) is 31.3 Å². The number of hydrogen-bond acceptors (Lipinski definition) is 3. The minimum atomic E-state index is -0.934. The molecule has 5 heteroatoms. The first-order valence-electron chi connectivity index (χ1n) is 5.17. The zero-order chi connectivity index (χ0) is 11.3. The lowest BCUT2D eigenvalue weighted by Gasteiger charge is -2.26. The number of aliphatic carboxylic acids is 1. The predicted octanol–water partition coefficient (Wildman–Crippen LogP) is 1.11. The highest BCUT2D eigenvalue weighted by Crippen LogP contribution is 2.26. The van der Waals surface area contributed by atoms with Gasteiger partial charge >= 0.3 is 5.97 Å². The monoisotopic (exact) mass is 231 g/mol. The van der Waals surface area contributed by atoms with Gasteiger partial charge in [0.25, 0.3) is 0 Å². The second-order valence-electron chi connectivity index (χ2n) is 3.81. The van der Waals surface area contributed by atoms with E-state index >= 15 is 0 Å². The summed E-state index contributed by atoms with van der Waals surface area (Å²) in [5.74, 6) is -0.213. The molecule has 0 spiro atoms. The lowest BCUT2D eigenvalue weighted by atomic mass is 9.84. The van der Waals surface area contributed by atoms with Crippen LogP contribution < -0.4 is 5.32 Å². The molecule has 1 amide bonds. The van der Waals surface area contributed by atoms with Crippen LogP contribution in [-0.2, 0) is 9.59 Å². The molecule has 1 fully saturated rings. The van der Waals surface area contributed by atoms with Gasteiger partial charge in [0, 0.05) is 5.92 Å². The third-order valence-electron chi connectivity index (χ3n) is 2.70. The highest BCUT2D eigenvalue weighted by molar-refractivity contribution is 7.98. The van der Waals surface area contributed by atoms with E-state index in [4.69, 9.17) is 5.11 Å².